The van der Waals surface area contributed by atoms with Crippen molar-refractivity contribution >= 4 is 0 Å². The molecule has 0 aromatic heterocycles. The fraction of sp³-hybridized carbons (Fsp3) is 0.250. The Kier molecular flexibility index (Phi) is 0.696. The lowest BCUT2D eigenvalue weighted by Crippen LogP contribution is -2.08. The molecule has 0 nitrogen and oxygen atoms in total. The lowest BCUT2D eigenvalue weighted by Gasteiger charge is -2.20. The Morgan fingerprint density at radius 3 is 2.50 bits per heavy atom. The molecular formula is C8H6. The van der Waals surface area contributed by atoms with Gasteiger partial charge in [0.2, 0.25) is 0 Å². The van der Waals surface area contributed by atoms with Crippen LogP contribution in [0, 0.1) is 18.1 Å². The van der Waals surface area contributed by atoms with Gasteiger partial charge < -0.3 is 0 Å². The summed E-state index contributed by atoms with van der Waals surface area (Å²) in [4.78, 5) is 0. The summed E-state index contributed by atoms with van der Waals surface area (Å²) in [6.07, 6.45) is 13.6. The summed E-state index contributed by atoms with van der Waals surface area (Å²) < 4.78 is 0. The van der Waals surface area contributed by atoms with E-state index < -0.39 is 0 Å². The summed E-state index contributed by atoms with van der Waals surface area (Å²) in [5.41, 5.74) is 1.33. The monoisotopic (exact) mass is 102 g/mol. The molecule has 0 aromatic carbocycles. The number of hydrogen-bond acceptors (Lipinski definition) is 0. The predicted molar refractivity (Wildman–Crippen MR) is 31.8 cm³/mol. The standard InChI is InChI=1S/C8H6/c1-3-7(4-1)8-5-2-6-8/h1-3,8H,5H2. The van der Waals surface area contributed by atoms with Gasteiger partial charge in [-0.2, -0.15) is 0 Å². The van der Waals surface area contributed by atoms with Crippen molar-refractivity contribution in [1.82, 2.24) is 0 Å². The van der Waals surface area contributed by atoms with E-state index in [0.29, 0.717) is 5.92 Å². The first-order valence-corrected chi connectivity index (χ1v) is 2.84. The molecule has 0 aliphatic heterocycles. The Labute approximate surface area is 49.2 Å². The molecule has 0 fully saturated rings. The lowest BCUT2D eigenvalue weighted by molar-refractivity contribution is 0.693. The molecule has 38 valence electrons. The topological polar surface area (TPSA) is 0 Å². The largest absolute Gasteiger partial charge is 0.0795 e. The van der Waals surface area contributed by atoms with E-state index in [1.807, 2.05) is 6.08 Å². The summed E-state index contributed by atoms with van der Waals surface area (Å²) in [6.45, 7) is 0. The van der Waals surface area contributed by atoms with Crippen molar-refractivity contribution in [3.8, 4) is 0 Å². The lowest BCUT2D eigenvalue weighted by atomic mass is 9.84. The van der Waals surface area contributed by atoms with Crippen molar-refractivity contribution < 1.29 is 0 Å². The van der Waals surface area contributed by atoms with E-state index in [9.17, 15) is 0 Å². The third-order valence-electron chi connectivity index (χ3n) is 1.56. The zero-order valence-corrected chi connectivity index (χ0v) is 4.52. The molecule has 2 aliphatic rings. The van der Waals surface area contributed by atoms with Crippen molar-refractivity contribution in [1.29, 1.82) is 0 Å². The van der Waals surface area contributed by atoms with E-state index in [2.05, 4.69) is 24.3 Å². The van der Waals surface area contributed by atoms with E-state index in [0.717, 1.165) is 0 Å². The fourth-order valence-corrected chi connectivity index (χ4v) is 0.849. The molecule has 0 aromatic rings. The van der Waals surface area contributed by atoms with Gasteiger partial charge in [0, 0.05) is 5.92 Å². The Bertz CT molecular complexity index is 182. The molecule has 1 atom stereocenters. The predicted octanol–water partition coefficient (Wildman–Crippen LogP) is 1.67. The summed E-state index contributed by atoms with van der Waals surface area (Å²) in [7, 11) is 0. The Morgan fingerprint density at radius 1 is 1.62 bits per heavy atom. The summed E-state index contributed by atoms with van der Waals surface area (Å²) in [6, 6.07) is 0. The molecule has 1 unspecified atom stereocenters. The molecule has 0 spiro atoms. The maximum atomic E-state index is 3.17. The van der Waals surface area contributed by atoms with Gasteiger partial charge in [0.25, 0.3) is 0 Å². The smallest absolute Gasteiger partial charge is 0.0130 e. The molecule has 8 heavy (non-hydrogen) atoms. The first kappa shape index (κ1) is 4.13. The number of allylic oxidation sites excluding steroid dienone is 6. The molecule has 0 N–H and O–H groups in total. The van der Waals surface area contributed by atoms with E-state index in [1.54, 1.807) is 0 Å². The van der Waals surface area contributed by atoms with Crippen LogP contribution >= 0.6 is 0 Å². The van der Waals surface area contributed by atoms with Crippen LogP contribution in [0.15, 0.2) is 23.8 Å². The molecule has 2 rings (SSSR count). The third kappa shape index (κ3) is 0.401. The second-order valence-corrected chi connectivity index (χ2v) is 2.09. The summed E-state index contributed by atoms with van der Waals surface area (Å²) >= 11 is 0. The van der Waals surface area contributed by atoms with Crippen LogP contribution in [0.5, 0.6) is 0 Å². The quantitative estimate of drug-likeness (QED) is 0.472. The van der Waals surface area contributed by atoms with Gasteiger partial charge in [0.05, 0.1) is 0 Å². The molecule has 0 bridgehead atoms. The van der Waals surface area contributed by atoms with Crippen LogP contribution in [-0.2, 0) is 0 Å². The number of hydrogen-bond donors (Lipinski definition) is 0. The van der Waals surface area contributed by atoms with Gasteiger partial charge in [-0.05, 0) is 24.1 Å². The molecule has 2 radical (unpaired) electrons. The zero-order valence-electron chi connectivity index (χ0n) is 4.52. The van der Waals surface area contributed by atoms with Crippen molar-refractivity contribution in [3.63, 3.8) is 0 Å². The Hall–Kier alpha value is -0.780. The summed E-state index contributed by atoms with van der Waals surface area (Å²) in [5.74, 6) is 0.597. The maximum absolute atomic E-state index is 3.17. The highest BCUT2D eigenvalue weighted by Gasteiger charge is 2.15. The first-order valence-electron chi connectivity index (χ1n) is 2.84. The molecule has 2 aliphatic carbocycles. The van der Waals surface area contributed by atoms with Gasteiger partial charge in [-0.3, -0.25) is 0 Å². The minimum Gasteiger partial charge on any atom is -0.0795 e. The van der Waals surface area contributed by atoms with Crippen molar-refractivity contribution in [2.24, 2.45) is 5.92 Å². The normalized spacial score (nSPS) is 31.0. The third-order valence-corrected chi connectivity index (χ3v) is 1.56. The van der Waals surface area contributed by atoms with Crippen LogP contribution in [-0.4, -0.2) is 0 Å². The second kappa shape index (κ2) is 1.35. The SMILES string of the molecule is [C]1=CCC1C1=[C]C=C1. The van der Waals surface area contributed by atoms with E-state index >= 15 is 0 Å². The van der Waals surface area contributed by atoms with E-state index in [-0.39, 0.29) is 0 Å². The van der Waals surface area contributed by atoms with Crippen LogP contribution in [0.4, 0.5) is 0 Å². The Morgan fingerprint density at radius 2 is 2.38 bits per heavy atom. The average molecular weight is 102 g/mol. The molecule has 0 amide bonds. The van der Waals surface area contributed by atoms with E-state index in [4.69, 9.17) is 0 Å². The number of rotatable bonds is 1. The zero-order chi connectivity index (χ0) is 5.40. The van der Waals surface area contributed by atoms with Gasteiger partial charge in [-0.15, -0.1) is 0 Å². The summed E-state index contributed by atoms with van der Waals surface area (Å²) in [5, 5.41) is 0. The van der Waals surface area contributed by atoms with Crippen molar-refractivity contribution in [2.75, 3.05) is 0 Å². The highest BCUT2D eigenvalue weighted by molar-refractivity contribution is 5.36. The van der Waals surface area contributed by atoms with Gasteiger partial charge in [-0.1, -0.05) is 18.2 Å². The van der Waals surface area contributed by atoms with Gasteiger partial charge in [0.15, 0.2) is 0 Å². The first-order chi connectivity index (χ1) is 3.97. The van der Waals surface area contributed by atoms with Crippen LogP contribution in [0.25, 0.3) is 0 Å². The molecule has 0 heteroatoms. The van der Waals surface area contributed by atoms with Gasteiger partial charge in [-0.25, -0.2) is 0 Å². The fourth-order valence-electron chi connectivity index (χ4n) is 0.849. The highest BCUT2D eigenvalue weighted by Crippen LogP contribution is 2.27. The Balaban J connectivity index is 2.08. The van der Waals surface area contributed by atoms with Crippen LogP contribution < -0.4 is 0 Å². The molecular weight excluding hydrogens is 96.1 g/mol. The van der Waals surface area contributed by atoms with Crippen LogP contribution in [0.2, 0.25) is 0 Å². The minimum atomic E-state index is 0.597. The minimum absolute atomic E-state index is 0.597. The van der Waals surface area contributed by atoms with Crippen LogP contribution in [0.3, 0.4) is 0 Å². The van der Waals surface area contributed by atoms with E-state index in [1.165, 1.54) is 12.0 Å². The van der Waals surface area contributed by atoms with Crippen LogP contribution in [0.1, 0.15) is 6.42 Å². The second-order valence-electron chi connectivity index (χ2n) is 2.09. The van der Waals surface area contributed by atoms with Crippen molar-refractivity contribution in [2.45, 2.75) is 6.42 Å². The maximum Gasteiger partial charge on any atom is 0.0130 e. The highest BCUT2D eigenvalue weighted by atomic mass is 14.2. The van der Waals surface area contributed by atoms with Gasteiger partial charge >= 0.3 is 0 Å². The van der Waals surface area contributed by atoms with Gasteiger partial charge in [0.1, 0.15) is 0 Å². The molecule has 0 saturated heterocycles. The average Bonchev–Trinajstić information content (AvgIpc) is 1.47. The molecule has 0 saturated carbocycles. The molecule has 0 heterocycles. The van der Waals surface area contributed by atoms with Crippen molar-refractivity contribution in [3.05, 3.63) is 36.0 Å².